The van der Waals surface area contributed by atoms with Gasteiger partial charge in [-0.3, -0.25) is 9.59 Å². The van der Waals surface area contributed by atoms with Crippen molar-refractivity contribution in [1.29, 1.82) is 0 Å². The van der Waals surface area contributed by atoms with Gasteiger partial charge in [-0.05, 0) is 81.8 Å². The maximum atomic E-state index is 12.2. The van der Waals surface area contributed by atoms with Crippen molar-refractivity contribution in [2.45, 2.75) is 43.4 Å². The second kappa shape index (κ2) is 11.0. The third kappa shape index (κ3) is 8.88. The van der Waals surface area contributed by atoms with Crippen LogP contribution in [0.4, 0.5) is 0 Å². The third-order valence-electron chi connectivity index (χ3n) is 3.65. The van der Waals surface area contributed by atoms with Gasteiger partial charge in [-0.2, -0.15) is 5.10 Å². The van der Waals surface area contributed by atoms with Crippen LogP contribution in [0.5, 0.6) is 5.75 Å². The van der Waals surface area contributed by atoms with E-state index in [2.05, 4.69) is 15.8 Å². The van der Waals surface area contributed by atoms with Gasteiger partial charge in [-0.1, -0.05) is 11.6 Å². The predicted molar refractivity (Wildman–Crippen MR) is 122 cm³/mol. The number of halogens is 1. The first-order chi connectivity index (χ1) is 14.1. The molecule has 2 amide bonds. The lowest BCUT2D eigenvalue weighted by atomic mass is 10.1. The highest BCUT2D eigenvalue weighted by Crippen LogP contribution is 2.24. The van der Waals surface area contributed by atoms with Gasteiger partial charge in [0.25, 0.3) is 11.8 Å². The minimum absolute atomic E-state index is 0.0516. The maximum absolute atomic E-state index is 12.2. The lowest BCUT2D eigenvalue weighted by molar-refractivity contribution is -0.124. The summed E-state index contributed by atoms with van der Waals surface area (Å²) < 4.78 is 5.47. The first kappa shape index (κ1) is 23.8. The van der Waals surface area contributed by atoms with Crippen molar-refractivity contribution in [2.75, 3.05) is 6.61 Å². The molecule has 2 aromatic rings. The van der Waals surface area contributed by atoms with E-state index in [1.54, 1.807) is 42.6 Å². The molecule has 0 spiro atoms. The largest absolute Gasteiger partial charge is 0.484 e. The minimum atomic E-state index is -0.307. The molecular formula is C22H26ClN3O3S. The number of benzene rings is 2. The zero-order valence-corrected chi connectivity index (χ0v) is 19.0. The fraction of sp³-hybridized carbons (Fsp3) is 0.318. The quantitative estimate of drug-likeness (QED) is 0.360. The minimum Gasteiger partial charge on any atom is -0.484 e. The van der Waals surface area contributed by atoms with E-state index in [1.807, 2.05) is 39.8 Å². The van der Waals surface area contributed by atoms with E-state index in [0.717, 1.165) is 10.5 Å². The van der Waals surface area contributed by atoms with E-state index in [0.29, 0.717) is 10.8 Å². The summed E-state index contributed by atoms with van der Waals surface area (Å²) in [5.74, 6) is 0.200. The van der Waals surface area contributed by atoms with Crippen LogP contribution in [0.1, 0.15) is 33.3 Å². The van der Waals surface area contributed by atoms with Crippen molar-refractivity contribution in [2.24, 2.45) is 5.10 Å². The summed E-state index contributed by atoms with van der Waals surface area (Å²) in [4.78, 5) is 24.9. The molecule has 2 rings (SSSR count). The summed E-state index contributed by atoms with van der Waals surface area (Å²) in [7, 11) is 0. The number of amides is 2. The number of carbonyl (C=O) groups excluding carboxylic acids is 2. The molecule has 0 aromatic heterocycles. The number of rotatable bonds is 8. The van der Waals surface area contributed by atoms with Crippen molar-refractivity contribution in [3.05, 3.63) is 59.1 Å². The molecular weight excluding hydrogens is 422 g/mol. The number of nitrogens with zero attached hydrogens (tertiary/aromatic N) is 1. The molecule has 0 saturated carbocycles. The van der Waals surface area contributed by atoms with Crippen molar-refractivity contribution < 1.29 is 14.3 Å². The fourth-order valence-corrected chi connectivity index (χ4v) is 3.27. The number of hydrazone groups is 1. The normalized spacial score (nSPS) is 12.4. The molecule has 6 nitrogen and oxygen atoms in total. The lowest BCUT2D eigenvalue weighted by Gasteiger charge is -2.20. The predicted octanol–water partition coefficient (Wildman–Crippen LogP) is 4.26. The molecule has 0 aliphatic carbocycles. The number of thioether (sulfide) groups is 1. The molecule has 2 N–H and O–H groups in total. The van der Waals surface area contributed by atoms with Gasteiger partial charge in [0.1, 0.15) is 5.75 Å². The maximum Gasteiger partial charge on any atom is 0.258 e. The Hall–Kier alpha value is -2.51. The summed E-state index contributed by atoms with van der Waals surface area (Å²) in [5.41, 5.74) is 3.03. The van der Waals surface area contributed by atoms with E-state index in [4.69, 9.17) is 16.3 Å². The summed E-state index contributed by atoms with van der Waals surface area (Å²) in [6.45, 7) is 7.49. The van der Waals surface area contributed by atoms with Gasteiger partial charge >= 0.3 is 0 Å². The topological polar surface area (TPSA) is 79.8 Å². The Labute approximate surface area is 186 Å². The first-order valence-electron chi connectivity index (χ1n) is 9.41. The Morgan fingerprint density at radius 2 is 1.77 bits per heavy atom. The van der Waals surface area contributed by atoms with Crippen LogP contribution in [0.15, 0.2) is 58.5 Å². The van der Waals surface area contributed by atoms with E-state index in [9.17, 15) is 9.59 Å². The highest BCUT2D eigenvalue weighted by Gasteiger charge is 2.14. The monoisotopic (exact) mass is 447 g/mol. The van der Waals surface area contributed by atoms with Crippen molar-refractivity contribution in [3.63, 3.8) is 0 Å². The van der Waals surface area contributed by atoms with Crippen molar-refractivity contribution >= 4 is 41.4 Å². The molecule has 0 heterocycles. The summed E-state index contributed by atoms with van der Waals surface area (Å²) >= 11 is 7.29. The Balaban J connectivity index is 1.78. The van der Waals surface area contributed by atoms with Crippen LogP contribution in [0.25, 0.3) is 0 Å². The highest BCUT2D eigenvalue weighted by atomic mass is 35.5. The van der Waals surface area contributed by atoms with Gasteiger partial charge in [0, 0.05) is 15.5 Å². The SMILES string of the molecule is C[C@H](Sc1ccc(Cl)cc1)C(=O)N/N=C\c1ccc(OCC(=O)NC(C)(C)C)cc1. The van der Waals surface area contributed by atoms with Crippen LogP contribution in [0.3, 0.4) is 0 Å². The molecule has 2 aromatic carbocycles. The van der Waals surface area contributed by atoms with Crippen LogP contribution in [0.2, 0.25) is 5.02 Å². The average Bonchev–Trinajstić information content (AvgIpc) is 2.67. The number of hydrogen-bond acceptors (Lipinski definition) is 5. The van der Waals surface area contributed by atoms with Gasteiger partial charge in [-0.15, -0.1) is 11.8 Å². The summed E-state index contributed by atoms with van der Waals surface area (Å²) in [6.07, 6.45) is 1.55. The zero-order valence-electron chi connectivity index (χ0n) is 17.4. The molecule has 0 radical (unpaired) electrons. The molecule has 0 fully saturated rings. The smallest absolute Gasteiger partial charge is 0.258 e. The zero-order chi connectivity index (χ0) is 22.1. The molecule has 8 heteroatoms. The van der Waals surface area contributed by atoms with E-state index >= 15 is 0 Å². The van der Waals surface area contributed by atoms with Crippen LogP contribution >= 0.6 is 23.4 Å². The first-order valence-corrected chi connectivity index (χ1v) is 10.7. The van der Waals surface area contributed by atoms with Crippen LogP contribution in [-0.2, 0) is 9.59 Å². The highest BCUT2D eigenvalue weighted by molar-refractivity contribution is 8.00. The van der Waals surface area contributed by atoms with Crippen molar-refractivity contribution in [3.8, 4) is 5.75 Å². The molecule has 1 atom stereocenters. The van der Waals surface area contributed by atoms with Crippen LogP contribution in [0, 0.1) is 0 Å². The Morgan fingerprint density at radius 1 is 1.13 bits per heavy atom. The second-order valence-electron chi connectivity index (χ2n) is 7.60. The molecule has 160 valence electrons. The Morgan fingerprint density at radius 3 is 2.37 bits per heavy atom. The standard InChI is InChI=1S/C22H26ClN3O3S/c1-15(30-19-11-7-17(23)8-12-19)21(28)26-24-13-16-5-9-18(10-6-16)29-14-20(27)25-22(2,3)4/h5-13,15H,14H2,1-4H3,(H,25,27)(H,26,28)/b24-13-/t15-/m0/s1. The lowest BCUT2D eigenvalue weighted by Crippen LogP contribution is -2.43. The van der Waals surface area contributed by atoms with E-state index < -0.39 is 0 Å². The molecule has 0 aliphatic rings. The van der Waals surface area contributed by atoms with Gasteiger partial charge in [0.15, 0.2) is 6.61 Å². The fourth-order valence-electron chi connectivity index (χ4n) is 2.29. The molecule has 30 heavy (non-hydrogen) atoms. The summed E-state index contributed by atoms with van der Waals surface area (Å²) in [5, 5.41) is 7.18. The van der Waals surface area contributed by atoms with Gasteiger partial charge in [0.05, 0.1) is 11.5 Å². The molecule has 0 bridgehead atoms. The van der Waals surface area contributed by atoms with Gasteiger partial charge in [0.2, 0.25) is 0 Å². The van der Waals surface area contributed by atoms with Crippen LogP contribution < -0.4 is 15.5 Å². The number of carbonyl (C=O) groups is 2. The third-order valence-corrected chi connectivity index (χ3v) is 5.01. The Bertz CT molecular complexity index is 878. The summed E-state index contributed by atoms with van der Waals surface area (Å²) in [6, 6.07) is 14.4. The van der Waals surface area contributed by atoms with Gasteiger partial charge < -0.3 is 10.1 Å². The van der Waals surface area contributed by atoms with Crippen LogP contribution in [-0.4, -0.2) is 35.4 Å². The van der Waals surface area contributed by atoms with Gasteiger partial charge in [-0.25, -0.2) is 5.43 Å². The Kier molecular flexibility index (Phi) is 8.74. The second-order valence-corrected chi connectivity index (χ2v) is 9.45. The molecule has 0 aliphatic heterocycles. The van der Waals surface area contributed by atoms with E-state index in [1.165, 1.54) is 11.8 Å². The molecule has 0 unspecified atom stereocenters. The molecule has 0 saturated heterocycles. The number of nitrogens with one attached hydrogen (secondary N) is 2. The van der Waals surface area contributed by atoms with Crippen molar-refractivity contribution in [1.82, 2.24) is 10.7 Å². The number of ether oxygens (including phenoxy) is 1. The van der Waals surface area contributed by atoms with E-state index in [-0.39, 0.29) is 29.2 Å². The average molecular weight is 448 g/mol. The number of hydrogen-bond donors (Lipinski definition) is 2.